The second kappa shape index (κ2) is 8.14. The van der Waals surface area contributed by atoms with E-state index in [1.54, 1.807) is 11.1 Å². The van der Waals surface area contributed by atoms with Gasteiger partial charge in [0.05, 0.1) is 0 Å². The summed E-state index contributed by atoms with van der Waals surface area (Å²) < 4.78 is 0. The quantitative estimate of drug-likeness (QED) is 0.891. The maximum absolute atomic E-state index is 6.07. The van der Waals surface area contributed by atoms with Gasteiger partial charge in [0, 0.05) is 37.7 Å². The molecule has 120 valence electrons. The highest BCUT2D eigenvalue weighted by Gasteiger charge is 2.17. The van der Waals surface area contributed by atoms with Gasteiger partial charge in [0.1, 0.15) is 0 Å². The van der Waals surface area contributed by atoms with Crippen LogP contribution in [0.25, 0.3) is 5.57 Å². The lowest BCUT2D eigenvalue weighted by atomic mass is 9.89. The summed E-state index contributed by atoms with van der Waals surface area (Å²) in [5, 5.41) is 4.28. The molecule has 3 rings (SSSR count). The number of nitrogens with zero attached hydrogens (tertiary/aromatic N) is 1. The fourth-order valence-electron chi connectivity index (χ4n) is 3.63. The van der Waals surface area contributed by atoms with Crippen molar-refractivity contribution in [2.75, 3.05) is 32.7 Å². The largest absolute Gasteiger partial charge is 0.314 e. The van der Waals surface area contributed by atoms with E-state index in [0.29, 0.717) is 0 Å². The molecule has 1 aliphatic carbocycles. The van der Waals surface area contributed by atoms with Crippen molar-refractivity contribution in [1.29, 1.82) is 0 Å². The maximum atomic E-state index is 6.07. The third-order valence-electron chi connectivity index (χ3n) is 4.90. The van der Waals surface area contributed by atoms with E-state index in [9.17, 15) is 0 Å². The van der Waals surface area contributed by atoms with E-state index in [4.69, 9.17) is 11.6 Å². The second-order valence-corrected chi connectivity index (χ2v) is 6.97. The van der Waals surface area contributed by atoms with Crippen molar-refractivity contribution in [3.63, 3.8) is 0 Å². The minimum Gasteiger partial charge on any atom is -0.314 e. The zero-order chi connectivity index (χ0) is 15.2. The number of allylic oxidation sites excluding steroid dienone is 1. The molecular formula is C19H27ClN2. The first-order chi connectivity index (χ1) is 10.8. The Labute approximate surface area is 139 Å². The van der Waals surface area contributed by atoms with E-state index < -0.39 is 0 Å². The molecule has 2 aliphatic rings. The third-order valence-corrected chi connectivity index (χ3v) is 5.15. The molecule has 1 fully saturated rings. The van der Waals surface area contributed by atoms with Gasteiger partial charge >= 0.3 is 0 Å². The van der Waals surface area contributed by atoms with Crippen LogP contribution in [0.5, 0.6) is 0 Å². The summed E-state index contributed by atoms with van der Waals surface area (Å²) in [7, 11) is 0. The summed E-state index contributed by atoms with van der Waals surface area (Å²) in [4.78, 5) is 2.61. The van der Waals surface area contributed by atoms with E-state index in [1.165, 1.54) is 57.2 Å². The standard InChI is InChI=1S/C19H27ClN2/c20-18-9-7-16(8-10-18)19-6-4-2-1-3-5-17(19)15-22-13-11-21-12-14-22/h7-10,21H,1-6,11-15H2. The van der Waals surface area contributed by atoms with Crippen LogP contribution in [0, 0.1) is 0 Å². The normalized spacial score (nSPS) is 21.5. The van der Waals surface area contributed by atoms with Crippen molar-refractivity contribution in [3.8, 4) is 0 Å². The molecule has 0 spiro atoms. The van der Waals surface area contributed by atoms with Crippen molar-refractivity contribution >= 4 is 17.2 Å². The van der Waals surface area contributed by atoms with E-state index in [-0.39, 0.29) is 0 Å². The highest BCUT2D eigenvalue weighted by atomic mass is 35.5. The highest BCUT2D eigenvalue weighted by molar-refractivity contribution is 6.30. The Balaban J connectivity index is 1.85. The molecule has 1 aromatic carbocycles. The number of rotatable bonds is 3. The SMILES string of the molecule is Clc1ccc(C2=C(CN3CCNCC3)CCCCCC2)cc1. The molecule has 0 bridgehead atoms. The van der Waals surface area contributed by atoms with Gasteiger partial charge in [-0.3, -0.25) is 4.90 Å². The molecule has 22 heavy (non-hydrogen) atoms. The predicted octanol–water partition coefficient (Wildman–Crippen LogP) is 4.35. The molecule has 1 aliphatic heterocycles. The molecule has 1 N–H and O–H groups in total. The van der Waals surface area contributed by atoms with Crippen LogP contribution in [0.3, 0.4) is 0 Å². The van der Waals surface area contributed by atoms with E-state index in [0.717, 1.165) is 24.7 Å². The molecule has 1 saturated heterocycles. The van der Waals surface area contributed by atoms with Gasteiger partial charge in [-0.1, -0.05) is 42.1 Å². The number of nitrogens with one attached hydrogen (secondary N) is 1. The lowest BCUT2D eigenvalue weighted by molar-refractivity contribution is 0.257. The Morgan fingerprint density at radius 2 is 1.59 bits per heavy atom. The zero-order valence-corrected chi connectivity index (χ0v) is 14.2. The van der Waals surface area contributed by atoms with Crippen molar-refractivity contribution < 1.29 is 0 Å². The fourth-order valence-corrected chi connectivity index (χ4v) is 3.76. The van der Waals surface area contributed by atoms with Gasteiger partial charge in [0.2, 0.25) is 0 Å². The van der Waals surface area contributed by atoms with E-state index in [1.807, 2.05) is 12.1 Å². The second-order valence-electron chi connectivity index (χ2n) is 6.53. The average Bonchev–Trinajstić information content (AvgIpc) is 2.53. The third kappa shape index (κ3) is 4.34. The summed E-state index contributed by atoms with van der Waals surface area (Å²) in [6.45, 7) is 5.77. The van der Waals surface area contributed by atoms with Crippen molar-refractivity contribution in [3.05, 3.63) is 40.4 Å². The highest BCUT2D eigenvalue weighted by Crippen LogP contribution is 2.31. The number of hydrogen-bond donors (Lipinski definition) is 1. The lowest BCUT2D eigenvalue weighted by Crippen LogP contribution is -2.44. The van der Waals surface area contributed by atoms with Crippen LogP contribution in [0.15, 0.2) is 29.8 Å². The summed E-state index contributed by atoms with van der Waals surface area (Å²) in [6, 6.07) is 8.48. The van der Waals surface area contributed by atoms with Gasteiger partial charge in [-0.05, 0) is 49.0 Å². The van der Waals surface area contributed by atoms with Gasteiger partial charge in [0.25, 0.3) is 0 Å². The molecule has 2 nitrogen and oxygen atoms in total. The lowest BCUT2D eigenvalue weighted by Gasteiger charge is -2.30. The van der Waals surface area contributed by atoms with Crippen LogP contribution in [0.4, 0.5) is 0 Å². The number of halogens is 1. The van der Waals surface area contributed by atoms with Crippen LogP contribution >= 0.6 is 11.6 Å². The molecule has 0 amide bonds. The molecule has 0 atom stereocenters. The van der Waals surface area contributed by atoms with Crippen molar-refractivity contribution in [1.82, 2.24) is 10.2 Å². The zero-order valence-electron chi connectivity index (χ0n) is 13.4. The van der Waals surface area contributed by atoms with Crippen molar-refractivity contribution in [2.45, 2.75) is 38.5 Å². The maximum Gasteiger partial charge on any atom is 0.0406 e. The molecule has 1 aromatic rings. The first kappa shape index (κ1) is 16.0. The summed E-state index contributed by atoms with van der Waals surface area (Å²) >= 11 is 6.07. The number of piperazine rings is 1. The first-order valence-corrected chi connectivity index (χ1v) is 9.10. The molecule has 0 radical (unpaired) electrons. The number of hydrogen-bond acceptors (Lipinski definition) is 2. The van der Waals surface area contributed by atoms with E-state index >= 15 is 0 Å². The van der Waals surface area contributed by atoms with Crippen LogP contribution in [-0.4, -0.2) is 37.6 Å². The van der Waals surface area contributed by atoms with E-state index in [2.05, 4.69) is 22.3 Å². The van der Waals surface area contributed by atoms with Crippen LogP contribution in [-0.2, 0) is 0 Å². The Bertz CT molecular complexity index is 501. The van der Waals surface area contributed by atoms with Gasteiger partial charge < -0.3 is 5.32 Å². The first-order valence-electron chi connectivity index (χ1n) is 8.73. The summed E-state index contributed by atoms with van der Waals surface area (Å²) in [6.07, 6.45) is 7.92. The number of benzene rings is 1. The van der Waals surface area contributed by atoms with Gasteiger partial charge in [-0.15, -0.1) is 0 Å². The van der Waals surface area contributed by atoms with Crippen molar-refractivity contribution in [2.24, 2.45) is 0 Å². The Morgan fingerprint density at radius 1 is 0.909 bits per heavy atom. The summed E-state index contributed by atoms with van der Waals surface area (Å²) in [5.41, 5.74) is 4.65. The van der Waals surface area contributed by atoms with Crippen LogP contribution in [0.1, 0.15) is 44.1 Å². The Morgan fingerprint density at radius 3 is 2.32 bits per heavy atom. The Kier molecular flexibility index (Phi) is 5.94. The van der Waals surface area contributed by atoms with Crippen LogP contribution in [0.2, 0.25) is 5.02 Å². The molecule has 0 aromatic heterocycles. The fraction of sp³-hybridized carbons (Fsp3) is 0.579. The average molecular weight is 319 g/mol. The monoisotopic (exact) mass is 318 g/mol. The van der Waals surface area contributed by atoms with Gasteiger partial charge in [-0.2, -0.15) is 0 Å². The smallest absolute Gasteiger partial charge is 0.0406 e. The summed E-state index contributed by atoms with van der Waals surface area (Å²) in [5.74, 6) is 0. The van der Waals surface area contributed by atoms with Gasteiger partial charge in [-0.25, -0.2) is 0 Å². The Hall–Kier alpha value is -0.830. The minimum absolute atomic E-state index is 0.832. The molecule has 3 heteroatoms. The predicted molar refractivity (Wildman–Crippen MR) is 95.4 cm³/mol. The van der Waals surface area contributed by atoms with Crippen LogP contribution < -0.4 is 5.32 Å². The minimum atomic E-state index is 0.832. The molecular weight excluding hydrogens is 292 g/mol. The molecule has 0 saturated carbocycles. The van der Waals surface area contributed by atoms with Gasteiger partial charge in [0.15, 0.2) is 0 Å². The molecule has 0 unspecified atom stereocenters. The topological polar surface area (TPSA) is 15.3 Å². The molecule has 1 heterocycles.